The number of thiophene rings is 1. The molecule has 1 atom stereocenters. The van der Waals surface area contributed by atoms with E-state index in [0.717, 1.165) is 17.3 Å². The number of anilines is 2. The smallest absolute Gasteiger partial charge is 0.221 e. The van der Waals surface area contributed by atoms with E-state index in [0.29, 0.717) is 6.04 Å². The van der Waals surface area contributed by atoms with E-state index in [1.165, 1.54) is 24.6 Å². The number of hydrogen-bond donors (Lipinski definition) is 2. The summed E-state index contributed by atoms with van der Waals surface area (Å²) in [5.41, 5.74) is 1.89. The zero-order chi connectivity index (χ0) is 13.9. The second kappa shape index (κ2) is 5.67. The van der Waals surface area contributed by atoms with Crippen molar-refractivity contribution < 1.29 is 4.79 Å². The van der Waals surface area contributed by atoms with E-state index in [2.05, 4.69) is 28.1 Å². The monoisotopic (exact) mass is 286 g/mol. The Balaban J connectivity index is 1.77. The summed E-state index contributed by atoms with van der Waals surface area (Å²) in [5, 5.41) is 8.56. The van der Waals surface area contributed by atoms with Crippen molar-refractivity contribution in [3.8, 4) is 0 Å². The van der Waals surface area contributed by atoms with Crippen molar-refractivity contribution in [3.05, 3.63) is 46.7 Å². The summed E-state index contributed by atoms with van der Waals surface area (Å²) < 4.78 is 0. The zero-order valence-electron chi connectivity index (χ0n) is 11.4. The lowest BCUT2D eigenvalue weighted by atomic mass is 10.1. The molecule has 1 aromatic carbocycles. The lowest BCUT2D eigenvalue weighted by molar-refractivity contribution is -0.114. The molecule has 1 fully saturated rings. The van der Waals surface area contributed by atoms with Crippen LogP contribution in [0.5, 0.6) is 0 Å². The van der Waals surface area contributed by atoms with Crippen molar-refractivity contribution in [2.75, 3.05) is 10.6 Å². The second-order valence-electron chi connectivity index (χ2n) is 5.24. The Morgan fingerprint density at radius 3 is 2.70 bits per heavy atom. The van der Waals surface area contributed by atoms with Crippen LogP contribution in [0.1, 0.15) is 30.7 Å². The van der Waals surface area contributed by atoms with Crippen LogP contribution in [-0.2, 0) is 4.79 Å². The van der Waals surface area contributed by atoms with Gasteiger partial charge in [0.15, 0.2) is 0 Å². The van der Waals surface area contributed by atoms with E-state index in [9.17, 15) is 4.79 Å². The van der Waals surface area contributed by atoms with Crippen LogP contribution < -0.4 is 10.6 Å². The molecule has 2 N–H and O–H groups in total. The molecule has 1 aliphatic rings. The lowest BCUT2D eigenvalue weighted by Crippen LogP contribution is -2.12. The van der Waals surface area contributed by atoms with Gasteiger partial charge in [-0.25, -0.2) is 0 Å². The molecule has 1 aromatic heterocycles. The Bertz CT molecular complexity index is 590. The molecule has 1 aliphatic carbocycles. The predicted molar refractivity (Wildman–Crippen MR) is 84.2 cm³/mol. The molecule has 2 aromatic rings. The molecule has 0 bridgehead atoms. The molecular formula is C16H18N2OS. The predicted octanol–water partition coefficient (Wildman–Crippen LogP) is 4.27. The highest BCUT2D eigenvalue weighted by Gasteiger charge is 2.32. The molecule has 104 valence electrons. The maximum absolute atomic E-state index is 11.1. The van der Waals surface area contributed by atoms with Crippen LogP contribution in [0.15, 0.2) is 41.8 Å². The summed E-state index contributed by atoms with van der Waals surface area (Å²) in [6, 6.07) is 12.6. The van der Waals surface area contributed by atoms with Gasteiger partial charge in [0.2, 0.25) is 5.91 Å². The van der Waals surface area contributed by atoms with Crippen LogP contribution >= 0.6 is 11.3 Å². The van der Waals surface area contributed by atoms with Crippen molar-refractivity contribution in [3.63, 3.8) is 0 Å². The first-order chi connectivity index (χ1) is 9.72. The van der Waals surface area contributed by atoms with Crippen LogP contribution in [0.3, 0.4) is 0 Å². The third kappa shape index (κ3) is 3.20. The van der Waals surface area contributed by atoms with E-state index in [1.807, 2.05) is 24.3 Å². The summed E-state index contributed by atoms with van der Waals surface area (Å²) in [5.74, 6) is 0.692. The zero-order valence-corrected chi connectivity index (χ0v) is 12.2. The van der Waals surface area contributed by atoms with Gasteiger partial charge in [-0.3, -0.25) is 4.79 Å². The van der Waals surface area contributed by atoms with Crippen molar-refractivity contribution in [2.45, 2.75) is 25.8 Å². The summed E-state index contributed by atoms with van der Waals surface area (Å²) in [6.45, 7) is 1.53. The number of amides is 1. The van der Waals surface area contributed by atoms with Crippen molar-refractivity contribution in [1.82, 2.24) is 0 Å². The first kappa shape index (κ1) is 13.2. The Morgan fingerprint density at radius 1 is 1.25 bits per heavy atom. The van der Waals surface area contributed by atoms with Crippen molar-refractivity contribution in [1.29, 1.82) is 0 Å². The van der Waals surface area contributed by atoms with Gasteiger partial charge < -0.3 is 10.6 Å². The third-order valence-corrected chi connectivity index (χ3v) is 4.40. The van der Waals surface area contributed by atoms with Gasteiger partial charge in [0.1, 0.15) is 0 Å². The topological polar surface area (TPSA) is 41.1 Å². The normalized spacial score (nSPS) is 15.7. The van der Waals surface area contributed by atoms with Gasteiger partial charge >= 0.3 is 0 Å². The van der Waals surface area contributed by atoms with Gasteiger partial charge in [0.25, 0.3) is 0 Å². The fraction of sp³-hybridized carbons (Fsp3) is 0.312. The summed E-state index contributed by atoms with van der Waals surface area (Å²) in [6.07, 6.45) is 2.59. The van der Waals surface area contributed by atoms with Crippen molar-refractivity contribution in [2.24, 2.45) is 5.92 Å². The maximum Gasteiger partial charge on any atom is 0.221 e. The number of nitrogens with one attached hydrogen (secondary N) is 2. The molecule has 3 nitrogen and oxygen atoms in total. The summed E-state index contributed by atoms with van der Waals surface area (Å²) in [7, 11) is 0. The Labute approximate surface area is 123 Å². The molecule has 0 saturated heterocycles. The lowest BCUT2D eigenvalue weighted by Gasteiger charge is -2.19. The molecule has 0 aliphatic heterocycles. The number of rotatable bonds is 5. The van der Waals surface area contributed by atoms with Crippen molar-refractivity contribution >= 4 is 28.6 Å². The van der Waals surface area contributed by atoms with Crippen LogP contribution in [0.25, 0.3) is 0 Å². The van der Waals surface area contributed by atoms with E-state index in [4.69, 9.17) is 0 Å². The quantitative estimate of drug-likeness (QED) is 0.861. The highest BCUT2D eigenvalue weighted by Crippen LogP contribution is 2.44. The first-order valence-corrected chi connectivity index (χ1v) is 7.78. The van der Waals surface area contributed by atoms with Crippen LogP contribution in [0, 0.1) is 5.92 Å². The average molecular weight is 286 g/mol. The summed E-state index contributed by atoms with van der Waals surface area (Å²) in [4.78, 5) is 12.5. The molecule has 1 amide bonds. The summed E-state index contributed by atoms with van der Waals surface area (Å²) >= 11 is 1.80. The third-order valence-electron chi connectivity index (χ3n) is 3.45. The molecular weight excluding hydrogens is 268 g/mol. The highest BCUT2D eigenvalue weighted by atomic mass is 32.1. The molecule has 20 heavy (non-hydrogen) atoms. The van der Waals surface area contributed by atoms with Crippen LogP contribution in [0.2, 0.25) is 0 Å². The SMILES string of the molecule is CC(=O)Nc1cccc(NC(c2cccs2)C2CC2)c1. The number of benzene rings is 1. The van der Waals surface area contributed by atoms with Gasteiger partial charge in [-0.2, -0.15) is 0 Å². The Kier molecular flexibility index (Phi) is 3.74. The first-order valence-electron chi connectivity index (χ1n) is 6.90. The highest BCUT2D eigenvalue weighted by molar-refractivity contribution is 7.10. The largest absolute Gasteiger partial charge is 0.377 e. The minimum absolute atomic E-state index is 0.0425. The van der Waals surface area contributed by atoms with Gasteiger partial charge in [0, 0.05) is 23.2 Å². The van der Waals surface area contributed by atoms with Crippen LogP contribution in [0.4, 0.5) is 11.4 Å². The Morgan fingerprint density at radius 2 is 2.05 bits per heavy atom. The molecule has 4 heteroatoms. The fourth-order valence-electron chi connectivity index (χ4n) is 2.39. The molecule has 1 unspecified atom stereocenters. The van der Waals surface area contributed by atoms with E-state index >= 15 is 0 Å². The minimum Gasteiger partial charge on any atom is -0.377 e. The van der Waals surface area contributed by atoms with Gasteiger partial charge in [0.05, 0.1) is 6.04 Å². The number of carbonyl (C=O) groups excluding carboxylic acids is 1. The fourth-order valence-corrected chi connectivity index (χ4v) is 3.26. The van der Waals surface area contributed by atoms with Gasteiger partial charge in [-0.15, -0.1) is 11.3 Å². The molecule has 0 radical (unpaired) electrons. The van der Waals surface area contributed by atoms with Gasteiger partial charge in [-0.1, -0.05) is 12.1 Å². The molecule has 3 rings (SSSR count). The number of hydrogen-bond acceptors (Lipinski definition) is 3. The van der Waals surface area contributed by atoms with E-state index in [-0.39, 0.29) is 5.91 Å². The van der Waals surface area contributed by atoms with Crippen LogP contribution in [-0.4, -0.2) is 5.91 Å². The van der Waals surface area contributed by atoms with Gasteiger partial charge in [-0.05, 0) is 48.4 Å². The average Bonchev–Trinajstić information content (AvgIpc) is 3.10. The Hall–Kier alpha value is -1.81. The molecule has 1 heterocycles. The van der Waals surface area contributed by atoms with E-state index in [1.54, 1.807) is 11.3 Å². The molecule has 1 saturated carbocycles. The maximum atomic E-state index is 11.1. The van der Waals surface area contributed by atoms with E-state index < -0.39 is 0 Å². The molecule has 0 spiro atoms. The standard InChI is InChI=1S/C16H18N2OS/c1-11(19)17-13-4-2-5-14(10-13)18-16(12-7-8-12)15-6-3-9-20-15/h2-6,9-10,12,16,18H,7-8H2,1H3,(H,17,19). The number of carbonyl (C=O) groups is 1. The minimum atomic E-state index is -0.0425. The second-order valence-corrected chi connectivity index (χ2v) is 6.22.